The molecule has 0 spiro atoms. The first-order chi connectivity index (χ1) is 4.79. The molecule has 58 valence electrons. The summed E-state index contributed by atoms with van der Waals surface area (Å²) in [5, 5.41) is 0. The average Bonchev–Trinajstić information content (AvgIpc) is 2.41. The lowest BCUT2D eigenvalue weighted by Gasteiger charge is -2.10. The number of hydrogen-bond donors (Lipinski definition) is 2. The molecule has 4 atom stereocenters. The second-order valence-corrected chi connectivity index (χ2v) is 2.92. The van der Waals surface area contributed by atoms with Gasteiger partial charge in [0, 0.05) is 0 Å². The quantitative estimate of drug-likeness (QED) is 0.431. The summed E-state index contributed by atoms with van der Waals surface area (Å²) in [5.74, 6) is 0. The molecule has 2 rings (SSSR count). The van der Waals surface area contributed by atoms with E-state index in [4.69, 9.17) is 20.9 Å². The predicted molar refractivity (Wildman–Crippen MR) is 35.4 cm³/mol. The molecule has 2 fully saturated rings. The Hall–Kier alpha value is -0.160. The molecule has 4 nitrogen and oxygen atoms in total. The van der Waals surface area contributed by atoms with Gasteiger partial charge >= 0.3 is 0 Å². The molecule has 0 radical (unpaired) electrons. The van der Waals surface area contributed by atoms with Gasteiger partial charge in [-0.15, -0.1) is 0 Å². The summed E-state index contributed by atoms with van der Waals surface area (Å²) < 4.78 is 10.7. The van der Waals surface area contributed by atoms with Gasteiger partial charge in [-0.25, -0.2) is 0 Å². The Bertz CT molecular complexity index is 126. The molecule has 2 heterocycles. The van der Waals surface area contributed by atoms with Crippen molar-refractivity contribution in [2.75, 3.05) is 13.2 Å². The van der Waals surface area contributed by atoms with Crippen LogP contribution in [0.5, 0.6) is 0 Å². The number of hydrogen-bond acceptors (Lipinski definition) is 4. The summed E-state index contributed by atoms with van der Waals surface area (Å²) in [4.78, 5) is 0. The first-order valence-electron chi connectivity index (χ1n) is 3.53. The molecule has 0 aromatic carbocycles. The average molecular weight is 144 g/mol. The molecular formula is C6H12N2O2. The maximum Gasteiger partial charge on any atom is 0.103 e. The molecule has 0 saturated carbocycles. The van der Waals surface area contributed by atoms with Crippen molar-refractivity contribution in [1.29, 1.82) is 0 Å². The first kappa shape index (κ1) is 6.54. The van der Waals surface area contributed by atoms with E-state index in [9.17, 15) is 0 Å². The van der Waals surface area contributed by atoms with Gasteiger partial charge in [-0.05, 0) is 0 Å². The van der Waals surface area contributed by atoms with E-state index in [2.05, 4.69) is 0 Å². The summed E-state index contributed by atoms with van der Waals surface area (Å²) >= 11 is 0. The highest BCUT2D eigenvalue weighted by Crippen LogP contribution is 2.24. The zero-order chi connectivity index (χ0) is 7.14. The Morgan fingerprint density at radius 1 is 0.900 bits per heavy atom. The highest BCUT2D eigenvalue weighted by atomic mass is 16.6. The van der Waals surface area contributed by atoms with Gasteiger partial charge in [-0.2, -0.15) is 0 Å². The molecule has 0 aromatic rings. The molecule has 0 amide bonds. The Kier molecular flexibility index (Phi) is 1.42. The second kappa shape index (κ2) is 2.17. The largest absolute Gasteiger partial charge is 0.372 e. The molecule has 10 heavy (non-hydrogen) atoms. The highest BCUT2D eigenvalue weighted by Gasteiger charge is 2.44. The molecule has 0 unspecified atom stereocenters. The standard InChI is InChI=1S/C6H12N2O2/c7-3-1-9-6-4(8)2-10-5(3)6/h3-6H,1-2,7-8H2/t3-,4+,5-,6+. The van der Waals surface area contributed by atoms with Crippen molar-refractivity contribution in [1.82, 2.24) is 0 Å². The number of nitrogens with two attached hydrogens (primary N) is 2. The summed E-state index contributed by atoms with van der Waals surface area (Å²) in [6.07, 6.45) is 0.102. The van der Waals surface area contributed by atoms with E-state index >= 15 is 0 Å². The summed E-state index contributed by atoms with van der Waals surface area (Å²) in [5.41, 5.74) is 11.4. The fourth-order valence-corrected chi connectivity index (χ4v) is 1.56. The van der Waals surface area contributed by atoms with Crippen LogP contribution in [0.2, 0.25) is 0 Å². The van der Waals surface area contributed by atoms with Crippen molar-refractivity contribution in [2.24, 2.45) is 11.5 Å². The molecule has 4 N–H and O–H groups in total. The highest BCUT2D eigenvalue weighted by molar-refractivity contribution is 4.97. The summed E-state index contributed by atoms with van der Waals surface area (Å²) in [7, 11) is 0. The van der Waals surface area contributed by atoms with Crippen molar-refractivity contribution in [3.63, 3.8) is 0 Å². The maximum absolute atomic E-state index is 5.68. The van der Waals surface area contributed by atoms with Crippen molar-refractivity contribution < 1.29 is 9.47 Å². The SMILES string of the molecule is N[C@@H]1CO[C@@H]2[C@@H]1OC[C@@H]2N. The van der Waals surface area contributed by atoms with Gasteiger partial charge in [0.05, 0.1) is 25.3 Å². The van der Waals surface area contributed by atoms with Crippen molar-refractivity contribution in [3.8, 4) is 0 Å². The van der Waals surface area contributed by atoms with Gasteiger partial charge in [-0.1, -0.05) is 0 Å². The zero-order valence-corrected chi connectivity index (χ0v) is 5.69. The topological polar surface area (TPSA) is 70.5 Å². The molecule has 0 aliphatic carbocycles. The van der Waals surface area contributed by atoms with E-state index in [1.165, 1.54) is 0 Å². The third-order valence-electron chi connectivity index (χ3n) is 2.13. The molecule has 2 aliphatic rings. The van der Waals surface area contributed by atoms with E-state index < -0.39 is 0 Å². The van der Waals surface area contributed by atoms with Crippen LogP contribution < -0.4 is 11.5 Å². The Labute approximate surface area is 59.5 Å². The van der Waals surface area contributed by atoms with Crippen LogP contribution in [0, 0.1) is 0 Å². The van der Waals surface area contributed by atoms with Gasteiger partial charge in [-0.3, -0.25) is 0 Å². The number of fused-ring (bicyclic) bond motifs is 1. The number of ether oxygens (including phenoxy) is 2. The van der Waals surface area contributed by atoms with Crippen LogP contribution in [0.3, 0.4) is 0 Å². The van der Waals surface area contributed by atoms with Crippen LogP contribution in [-0.2, 0) is 9.47 Å². The van der Waals surface area contributed by atoms with Crippen LogP contribution >= 0.6 is 0 Å². The third-order valence-corrected chi connectivity index (χ3v) is 2.13. The van der Waals surface area contributed by atoms with E-state index in [1.54, 1.807) is 0 Å². The Morgan fingerprint density at radius 2 is 1.30 bits per heavy atom. The first-order valence-corrected chi connectivity index (χ1v) is 3.53. The minimum atomic E-state index is 0.0264. The van der Waals surface area contributed by atoms with Gasteiger partial charge < -0.3 is 20.9 Å². The minimum absolute atomic E-state index is 0.0264. The van der Waals surface area contributed by atoms with Crippen LogP contribution in [0.1, 0.15) is 0 Å². The van der Waals surface area contributed by atoms with Crippen LogP contribution in [0.4, 0.5) is 0 Å². The summed E-state index contributed by atoms with van der Waals surface area (Å²) in [6, 6.07) is 0.0529. The van der Waals surface area contributed by atoms with Crippen molar-refractivity contribution in [3.05, 3.63) is 0 Å². The van der Waals surface area contributed by atoms with Crippen molar-refractivity contribution in [2.45, 2.75) is 24.3 Å². The fraction of sp³-hybridized carbons (Fsp3) is 1.00. The van der Waals surface area contributed by atoms with E-state index in [0.29, 0.717) is 13.2 Å². The molecule has 2 saturated heterocycles. The number of rotatable bonds is 0. The Morgan fingerprint density at radius 3 is 1.70 bits per heavy atom. The maximum atomic E-state index is 5.68. The Balaban J connectivity index is 2.09. The van der Waals surface area contributed by atoms with Gasteiger partial charge in [0.15, 0.2) is 0 Å². The fourth-order valence-electron chi connectivity index (χ4n) is 1.56. The molecule has 4 heteroatoms. The summed E-state index contributed by atoms with van der Waals surface area (Å²) in [6.45, 7) is 1.17. The zero-order valence-electron chi connectivity index (χ0n) is 5.69. The monoisotopic (exact) mass is 144 g/mol. The van der Waals surface area contributed by atoms with E-state index in [0.717, 1.165) is 0 Å². The molecule has 0 bridgehead atoms. The normalized spacial score (nSPS) is 53.4. The van der Waals surface area contributed by atoms with Gasteiger partial charge in [0.25, 0.3) is 0 Å². The molecule has 0 aromatic heterocycles. The van der Waals surface area contributed by atoms with Crippen LogP contribution in [0.25, 0.3) is 0 Å². The lowest BCUT2D eigenvalue weighted by atomic mass is 10.1. The minimum Gasteiger partial charge on any atom is -0.372 e. The van der Waals surface area contributed by atoms with E-state index in [-0.39, 0.29) is 24.3 Å². The van der Waals surface area contributed by atoms with Crippen LogP contribution in [0.15, 0.2) is 0 Å². The smallest absolute Gasteiger partial charge is 0.103 e. The molecular weight excluding hydrogens is 132 g/mol. The van der Waals surface area contributed by atoms with Gasteiger partial charge in [0.1, 0.15) is 12.2 Å². The second-order valence-electron chi connectivity index (χ2n) is 2.92. The lowest BCUT2D eigenvalue weighted by Crippen LogP contribution is -2.39. The molecule has 2 aliphatic heterocycles. The lowest BCUT2D eigenvalue weighted by molar-refractivity contribution is 0.0691. The van der Waals surface area contributed by atoms with E-state index in [1.807, 2.05) is 0 Å². The van der Waals surface area contributed by atoms with Gasteiger partial charge in [0.2, 0.25) is 0 Å². The third kappa shape index (κ3) is 0.769. The van der Waals surface area contributed by atoms with Crippen LogP contribution in [-0.4, -0.2) is 37.5 Å². The van der Waals surface area contributed by atoms with Crippen molar-refractivity contribution >= 4 is 0 Å². The predicted octanol–water partition coefficient (Wildman–Crippen LogP) is -1.56.